The number of nitrogens with two attached hydrogens (primary N) is 1. The van der Waals surface area contributed by atoms with Gasteiger partial charge in [0, 0.05) is 43.2 Å². The molecular weight excluding hydrogens is 302 g/mol. The van der Waals surface area contributed by atoms with Gasteiger partial charge >= 0.3 is 0 Å². The van der Waals surface area contributed by atoms with E-state index in [1.807, 2.05) is 45.0 Å². The standard InChI is InChI=1S/C19H25N3O2/c1-13-8-17(19(23)22(4)15(3)10-20)9-14(2)18(13)24-12-16-6-5-7-21-11-16/h5-9,11,15H,10,12,20H2,1-4H3. The van der Waals surface area contributed by atoms with Crippen molar-refractivity contribution in [2.45, 2.75) is 33.4 Å². The summed E-state index contributed by atoms with van der Waals surface area (Å²) in [4.78, 5) is 18.3. The Morgan fingerprint density at radius 3 is 2.54 bits per heavy atom. The first-order chi connectivity index (χ1) is 11.4. The van der Waals surface area contributed by atoms with Gasteiger partial charge in [-0.05, 0) is 50.1 Å². The molecule has 0 saturated heterocycles. The first kappa shape index (κ1) is 17.9. The van der Waals surface area contributed by atoms with E-state index in [2.05, 4.69) is 4.98 Å². The smallest absolute Gasteiger partial charge is 0.253 e. The summed E-state index contributed by atoms with van der Waals surface area (Å²) in [5.41, 5.74) is 9.19. The lowest BCUT2D eigenvalue weighted by atomic mass is 10.0. The van der Waals surface area contributed by atoms with Crippen LogP contribution in [-0.4, -0.2) is 35.4 Å². The highest BCUT2D eigenvalue weighted by atomic mass is 16.5. The van der Waals surface area contributed by atoms with Crippen LogP contribution in [0.2, 0.25) is 0 Å². The Kier molecular flexibility index (Phi) is 5.93. The third kappa shape index (κ3) is 4.11. The second kappa shape index (κ2) is 7.93. The van der Waals surface area contributed by atoms with Crippen molar-refractivity contribution in [1.82, 2.24) is 9.88 Å². The highest BCUT2D eigenvalue weighted by Gasteiger charge is 2.18. The van der Waals surface area contributed by atoms with Crippen LogP contribution in [0.25, 0.3) is 0 Å². The molecule has 0 bridgehead atoms. The maximum atomic E-state index is 12.6. The van der Waals surface area contributed by atoms with Gasteiger partial charge in [0.05, 0.1) is 0 Å². The van der Waals surface area contributed by atoms with Gasteiger partial charge in [0.25, 0.3) is 5.91 Å². The summed E-state index contributed by atoms with van der Waals surface area (Å²) in [6.07, 6.45) is 3.52. The van der Waals surface area contributed by atoms with Crippen molar-refractivity contribution in [1.29, 1.82) is 0 Å². The summed E-state index contributed by atoms with van der Waals surface area (Å²) < 4.78 is 5.93. The average molecular weight is 327 g/mol. The molecule has 2 N–H and O–H groups in total. The van der Waals surface area contributed by atoms with E-state index in [1.54, 1.807) is 24.3 Å². The fraction of sp³-hybridized carbons (Fsp3) is 0.368. The number of nitrogens with zero attached hydrogens (tertiary/aromatic N) is 2. The number of aromatic nitrogens is 1. The molecule has 1 unspecified atom stereocenters. The average Bonchev–Trinajstić information content (AvgIpc) is 2.59. The Bertz CT molecular complexity index is 678. The van der Waals surface area contributed by atoms with Crippen LogP contribution < -0.4 is 10.5 Å². The SMILES string of the molecule is Cc1cc(C(=O)N(C)C(C)CN)cc(C)c1OCc1cccnc1. The summed E-state index contributed by atoms with van der Waals surface area (Å²) >= 11 is 0. The molecule has 1 aromatic heterocycles. The van der Waals surface area contributed by atoms with Crippen LogP contribution in [0.1, 0.15) is 34.0 Å². The Morgan fingerprint density at radius 2 is 2.00 bits per heavy atom. The molecule has 1 heterocycles. The number of pyridine rings is 1. The van der Waals surface area contributed by atoms with Gasteiger partial charge in [-0.1, -0.05) is 6.07 Å². The van der Waals surface area contributed by atoms with Crippen LogP contribution in [0, 0.1) is 13.8 Å². The second-order valence-electron chi connectivity index (χ2n) is 6.09. The summed E-state index contributed by atoms with van der Waals surface area (Å²) in [5, 5.41) is 0. The number of aryl methyl sites for hydroxylation is 2. The van der Waals surface area contributed by atoms with Crippen LogP contribution in [-0.2, 0) is 6.61 Å². The summed E-state index contributed by atoms with van der Waals surface area (Å²) in [6.45, 7) is 6.73. The number of rotatable bonds is 6. The number of hydrogen-bond donors (Lipinski definition) is 1. The van der Waals surface area contributed by atoms with E-state index in [9.17, 15) is 4.79 Å². The normalized spacial score (nSPS) is 11.9. The van der Waals surface area contributed by atoms with Gasteiger partial charge in [-0.3, -0.25) is 9.78 Å². The van der Waals surface area contributed by atoms with E-state index in [1.165, 1.54) is 0 Å². The Hall–Kier alpha value is -2.40. The molecule has 5 heteroatoms. The lowest BCUT2D eigenvalue weighted by Gasteiger charge is -2.24. The number of benzene rings is 1. The van der Waals surface area contributed by atoms with Gasteiger partial charge < -0.3 is 15.4 Å². The molecule has 128 valence electrons. The third-order valence-electron chi connectivity index (χ3n) is 4.14. The molecule has 2 aromatic rings. The van der Waals surface area contributed by atoms with Gasteiger partial charge in [0.2, 0.25) is 0 Å². The molecule has 24 heavy (non-hydrogen) atoms. The van der Waals surface area contributed by atoms with Crippen molar-refractivity contribution in [2.75, 3.05) is 13.6 Å². The van der Waals surface area contributed by atoms with Crippen LogP contribution >= 0.6 is 0 Å². The van der Waals surface area contributed by atoms with Crippen LogP contribution in [0.15, 0.2) is 36.7 Å². The lowest BCUT2D eigenvalue weighted by Crippen LogP contribution is -2.39. The van der Waals surface area contributed by atoms with Crippen molar-refractivity contribution in [2.24, 2.45) is 5.73 Å². The molecule has 2 rings (SSSR count). The fourth-order valence-electron chi connectivity index (χ4n) is 2.50. The van der Waals surface area contributed by atoms with Crippen molar-refractivity contribution < 1.29 is 9.53 Å². The summed E-state index contributed by atoms with van der Waals surface area (Å²) in [7, 11) is 1.78. The van der Waals surface area contributed by atoms with Gasteiger partial charge in [0.1, 0.15) is 12.4 Å². The van der Waals surface area contributed by atoms with E-state index < -0.39 is 0 Å². The van der Waals surface area contributed by atoms with Gasteiger partial charge in [0.15, 0.2) is 0 Å². The zero-order chi connectivity index (χ0) is 17.7. The van der Waals surface area contributed by atoms with E-state index in [0.717, 1.165) is 22.4 Å². The van der Waals surface area contributed by atoms with Gasteiger partial charge in [-0.2, -0.15) is 0 Å². The molecule has 0 saturated carbocycles. The zero-order valence-electron chi connectivity index (χ0n) is 14.7. The van der Waals surface area contributed by atoms with E-state index in [4.69, 9.17) is 10.5 Å². The molecule has 0 radical (unpaired) electrons. The number of ether oxygens (including phenoxy) is 1. The molecule has 5 nitrogen and oxygen atoms in total. The molecule has 1 aromatic carbocycles. The minimum absolute atomic E-state index is 0.000352. The molecule has 0 spiro atoms. The minimum Gasteiger partial charge on any atom is -0.488 e. The summed E-state index contributed by atoms with van der Waals surface area (Å²) in [5.74, 6) is 0.780. The minimum atomic E-state index is -0.0297. The molecule has 0 aliphatic rings. The Balaban J connectivity index is 2.17. The summed E-state index contributed by atoms with van der Waals surface area (Å²) in [6, 6.07) is 7.59. The molecule has 0 aliphatic carbocycles. The number of likely N-dealkylation sites (N-methyl/N-ethyl adjacent to an activating group) is 1. The zero-order valence-corrected chi connectivity index (χ0v) is 14.7. The number of carbonyl (C=O) groups excluding carboxylic acids is 1. The molecule has 1 atom stereocenters. The van der Waals surface area contributed by atoms with Crippen molar-refractivity contribution in [3.8, 4) is 5.75 Å². The Labute approximate surface area is 143 Å². The highest BCUT2D eigenvalue weighted by Crippen LogP contribution is 2.26. The van der Waals surface area contributed by atoms with Crippen LogP contribution in [0.4, 0.5) is 0 Å². The third-order valence-corrected chi connectivity index (χ3v) is 4.14. The van der Waals surface area contributed by atoms with Crippen molar-refractivity contribution in [3.63, 3.8) is 0 Å². The lowest BCUT2D eigenvalue weighted by molar-refractivity contribution is 0.0748. The fourth-order valence-corrected chi connectivity index (χ4v) is 2.50. The quantitative estimate of drug-likeness (QED) is 0.886. The Morgan fingerprint density at radius 1 is 1.33 bits per heavy atom. The first-order valence-electron chi connectivity index (χ1n) is 8.04. The van der Waals surface area contributed by atoms with Gasteiger partial charge in [-0.25, -0.2) is 0 Å². The molecular formula is C19H25N3O2. The first-order valence-corrected chi connectivity index (χ1v) is 8.04. The van der Waals surface area contributed by atoms with E-state index in [-0.39, 0.29) is 11.9 Å². The molecule has 0 fully saturated rings. The predicted octanol–water partition coefficient (Wildman–Crippen LogP) is 2.70. The van der Waals surface area contributed by atoms with Crippen LogP contribution in [0.3, 0.4) is 0 Å². The van der Waals surface area contributed by atoms with Crippen molar-refractivity contribution >= 4 is 5.91 Å². The van der Waals surface area contributed by atoms with E-state index in [0.29, 0.717) is 18.7 Å². The maximum absolute atomic E-state index is 12.6. The van der Waals surface area contributed by atoms with Gasteiger partial charge in [-0.15, -0.1) is 0 Å². The highest BCUT2D eigenvalue weighted by molar-refractivity contribution is 5.95. The monoisotopic (exact) mass is 327 g/mol. The predicted molar refractivity (Wildman–Crippen MR) is 95.1 cm³/mol. The second-order valence-corrected chi connectivity index (χ2v) is 6.09. The molecule has 1 amide bonds. The maximum Gasteiger partial charge on any atom is 0.253 e. The number of carbonyl (C=O) groups is 1. The molecule has 0 aliphatic heterocycles. The number of amides is 1. The van der Waals surface area contributed by atoms with E-state index >= 15 is 0 Å². The topological polar surface area (TPSA) is 68.5 Å². The van der Waals surface area contributed by atoms with Crippen LogP contribution in [0.5, 0.6) is 5.75 Å². The van der Waals surface area contributed by atoms with Crippen molar-refractivity contribution in [3.05, 3.63) is 58.9 Å². The largest absolute Gasteiger partial charge is 0.488 e. The number of hydrogen-bond acceptors (Lipinski definition) is 4.